The van der Waals surface area contributed by atoms with Crippen LogP contribution < -0.4 is 15.2 Å². The van der Waals surface area contributed by atoms with Gasteiger partial charge < -0.3 is 20.7 Å². The molecule has 0 aliphatic rings. The van der Waals surface area contributed by atoms with Crippen LogP contribution in [0.2, 0.25) is 0 Å². The Kier molecular flexibility index (Phi) is 9.75. The number of aromatic carboxylic acids is 1. The highest BCUT2D eigenvalue weighted by Gasteiger charge is 2.38. The van der Waals surface area contributed by atoms with E-state index in [9.17, 15) is 31.5 Å². The number of hydrogen-bond acceptors (Lipinski definition) is 6. The van der Waals surface area contributed by atoms with Crippen molar-refractivity contribution >= 4 is 44.3 Å². The van der Waals surface area contributed by atoms with Crippen LogP contribution in [0.15, 0.2) is 89.8 Å². The molecule has 4 aromatic carbocycles. The van der Waals surface area contributed by atoms with Gasteiger partial charge in [0.05, 0.1) is 11.5 Å². The number of nitrogens with two attached hydrogens (primary N) is 1. The summed E-state index contributed by atoms with van der Waals surface area (Å²) in [7, 11) is -3.93. The Bertz CT molecular complexity index is 1730. The Morgan fingerprint density at radius 1 is 0.905 bits per heavy atom. The van der Waals surface area contributed by atoms with E-state index in [1.54, 1.807) is 24.3 Å². The normalized spacial score (nSPS) is 11.2. The van der Waals surface area contributed by atoms with Crippen molar-refractivity contribution < 1.29 is 46.1 Å². The maximum atomic E-state index is 12.9. The van der Waals surface area contributed by atoms with Gasteiger partial charge in [0.15, 0.2) is 0 Å². The zero-order valence-corrected chi connectivity index (χ0v) is 22.4. The summed E-state index contributed by atoms with van der Waals surface area (Å²) < 4.78 is 65.6. The number of amidine groups is 1. The zero-order valence-electron chi connectivity index (χ0n) is 21.6. The van der Waals surface area contributed by atoms with Crippen LogP contribution in [0.4, 0.5) is 18.9 Å². The number of nitrogens with one attached hydrogen (secondary N) is 2. The molecule has 0 radical (unpaired) electrons. The minimum absolute atomic E-state index is 0.0183. The average Bonchev–Trinajstić information content (AvgIpc) is 2.93. The summed E-state index contributed by atoms with van der Waals surface area (Å²) in [6.07, 6.45) is -4.58. The van der Waals surface area contributed by atoms with E-state index in [1.807, 2.05) is 36.4 Å². The number of aliphatic carboxylic acids is 1. The highest BCUT2D eigenvalue weighted by Crippen LogP contribution is 2.26. The maximum absolute atomic E-state index is 12.9. The topological polar surface area (TPSA) is 180 Å². The Labute approximate surface area is 237 Å². The summed E-state index contributed by atoms with van der Waals surface area (Å²) in [5.41, 5.74) is 6.96. The third-order valence-corrected chi connectivity index (χ3v) is 7.03. The van der Waals surface area contributed by atoms with Crippen molar-refractivity contribution in [3.63, 3.8) is 0 Å². The molecule has 0 heterocycles. The Morgan fingerprint density at radius 3 is 2.10 bits per heavy atom. The number of benzene rings is 4. The Morgan fingerprint density at radius 2 is 1.52 bits per heavy atom. The smallest absolute Gasteiger partial charge is 0.490 e. The van der Waals surface area contributed by atoms with Crippen LogP contribution in [0, 0.1) is 5.41 Å². The van der Waals surface area contributed by atoms with Crippen LogP contribution in [0.1, 0.15) is 21.5 Å². The first-order valence-corrected chi connectivity index (χ1v) is 13.4. The average molecular weight is 604 g/mol. The highest BCUT2D eigenvalue weighted by atomic mass is 32.2. The number of halogens is 3. The molecule has 220 valence electrons. The number of fused-ring (bicyclic) bond motifs is 1. The molecule has 6 N–H and O–H groups in total. The van der Waals surface area contributed by atoms with Crippen LogP contribution in [0.5, 0.6) is 5.75 Å². The first-order valence-electron chi connectivity index (χ1n) is 11.9. The molecular formula is C28H24F3N3O7S. The number of nitrogen functional groups attached to an aromatic ring is 1. The standard InChI is InChI=1S/C26H23N3O5S.C2HF3O2/c27-25(28)19-7-5-17(6-8-19)13-14-34-24-12-10-21(16-23(24)26(30)31)29-35(32,33)22-11-9-18-3-1-2-4-20(18)15-22;3-2(4,5)1(6)7/h1-12,15-16,29H,13-14H2,(H3,27,28)(H,30,31);(H,6,7). The van der Waals surface area contributed by atoms with E-state index in [4.69, 9.17) is 25.8 Å². The molecule has 0 aliphatic carbocycles. The number of carbonyl (C=O) groups is 2. The molecule has 0 aliphatic heterocycles. The molecule has 4 rings (SSSR count). The largest absolute Gasteiger partial charge is 0.492 e. The second-order valence-electron chi connectivity index (χ2n) is 8.64. The third kappa shape index (κ3) is 8.44. The third-order valence-electron chi connectivity index (χ3n) is 5.65. The van der Waals surface area contributed by atoms with Gasteiger partial charge in [0, 0.05) is 17.7 Å². The van der Waals surface area contributed by atoms with Crippen molar-refractivity contribution in [2.45, 2.75) is 17.5 Å². The number of carboxylic acids is 2. The number of carboxylic acid groups (broad SMARTS) is 2. The molecule has 42 heavy (non-hydrogen) atoms. The molecule has 0 amide bonds. The van der Waals surface area contributed by atoms with Crippen molar-refractivity contribution in [2.24, 2.45) is 5.73 Å². The Hall–Kier alpha value is -5.11. The quantitative estimate of drug-likeness (QED) is 0.133. The lowest BCUT2D eigenvalue weighted by Gasteiger charge is -2.13. The molecule has 0 atom stereocenters. The molecule has 10 nitrogen and oxygen atoms in total. The van der Waals surface area contributed by atoms with Gasteiger partial charge in [-0.05, 0) is 46.7 Å². The lowest BCUT2D eigenvalue weighted by atomic mass is 10.1. The van der Waals surface area contributed by atoms with Crippen LogP contribution in [0.3, 0.4) is 0 Å². The second kappa shape index (κ2) is 13.0. The fraction of sp³-hybridized carbons (Fsp3) is 0.107. The summed E-state index contributed by atoms with van der Waals surface area (Å²) in [6.45, 7) is 0.210. The van der Waals surface area contributed by atoms with E-state index in [-0.39, 0.29) is 34.3 Å². The van der Waals surface area contributed by atoms with E-state index >= 15 is 0 Å². The lowest BCUT2D eigenvalue weighted by molar-refractivity contribution is -0.192. The van der Waals surface area contributed by atoms with E-state index in [2.05, 4.69) is 4.72 Å². The monoisotopic (exact) mass is 603 g/mol. The molecule has 0 bridgehead atoms. The molecular weight excluding hydrogens is 579 g/mol. The van der Waals surface area contributed by atoms with Gasteiger partial charge in [-0.3, -0.25) is 10.1 Å². The predicted octanol–water partition coefficient (Wildman–Crippen LogP) is 4.88. The molecule has 0 aromatic heterocycles. The summed E-state index contributed by atoms with van der Waals surface area (Å²) >= 11 is 0. The lowest BCUT2D eigenvalue weighted by Crippen LogP contribution is -2.21. The highest BCUT2D eigenvalue weighted by molar-refractivity contribution is 7.92. The van der Waals surface area contributed by atoms with E-state index in [0.717, 1.165) is 16.3 Å². The fourth-order valence-electron chi connectivity index (χ4n) is 3.56. The molecule has 0 saturated carbocycles. The second-order valence-corrected chi connectivity index (χ2v) is 10.3. The minimum Gasteiger partial charge on any atom is -0.492 e. The Balaban J connectivity index is 0.000000616. The number of sulfonamides is 1. The van der Waals surface area contributed by atoms with Crippen LogP contribution in [0.25, 0.3) is 10.8 Å². The maximum Gasteiger partial charge on any atom is 0.490 e. The van der Waals surface area contributed by atoms with E-state index in [0.29, 0.717) is 12.0 Å². The van der Waals surface area contributed by atoms with E-state index in [1.165, 1.54) is 24.3 Å². The first-order chi connectivity index (χ1) is 19.7. The summed E-state index contributed by atoms with van der Waals surface area (Å²) in [5.74, 6) is -3.88. The molecule has 14 heteroatoms. The number of rotatable bonds is 9. The molecule has 4 aromatic rings. The van der Waals surface area contributed by atoms with Crippen LogP contribution in [-0.4, -0.2) is 49.2 Å². The zero-order chi connectivity index (χ0) is 31.1. The van der Waals surface area contributed by atoms with Crippen LogP contribution in [-0.2, 0) is 21.2 Å². The summed E-state index contributed by atoms with van der Waals surface area (Å²) in [5, 5.41) is 25.9. The van der Waals surface area contributed by atoms with Gasteiger partial charge in [-0.2, -0.15) is 13.2 Å². The first kappa shape index (κ1) is 31.4. The summed E-state index contributed by atoms with van der Waals surface area (Å²) in [6, 6.07) is 23.4. The number of hydrogen-bond donors (Lipinski definition) is 5. The van der Waals surface area contributed by atoms with Crippen molar-refractivity contribution in [1.29, 1.82) is 5.41 Å². The van der Waals surface area contributed by atoms with Crippen molar-refractivity contribution in [1.82, 2.24) is 0 Å². The molecule has 0 spiro atoms. The van der Waals surface area contributed by atoms with Crippen molar-refractivity contribution in [3.05, 3.63) is 102 Å². The number of ether oxygens (including phenoxy) is 1. The predicted molar refractivity (Wildman–Crippen MR) is 149 cm³/mol. The molecule has 0 fully saturated rings. The van der Waals surface area contributed by atoms with Gasteiger partial charge in [-0.25, -0.2) is 18.0 Å². The number of alkyl halides is 3. The SMILES string of the molecule is N=C(N)c1ccc(CCOc2ccc(NS(=O)(=O)c3ccc4ccccc4c3)cc2C(=O)O)cc1.O=C(O)C(F)(F)F. The van der Waals surface area contributed by atoms with Gasteiger partial charge in [-0.15, -0.1) is 0 Å². The van der Waals surface area contributed by atoms with Crippen molar-refractivity contribution in [2.75, 3.05) is 11.3 Å². The van der Waals surface area contributed by atoms with Crippen molar-refractivity contribution in [3.8, 4) is 5.75 Å². The number of anilines is 1. The summed E-state index contributed by atoms with van der Waals surface area (Å²) in [4.78, 5) is 20.8. The molecule has 0 unspecified atom stereocenters. The van der Waals surface area contributed by atoms with Gasteiger partial charge >= 0.3 is 18.1 Å². The van der Waals surface area contributed by atoms with Gasteiger partial charge in [0.1, 0.15) is 17.1 Å². The van der Waals surface area contributed by atoms with Crippen LogP contribution >= 0.6 is 0 Å². The van der Waals surface area contributed by atoms with Gasteiger partial charge in [-0.1, -0.05) is 54.6 Å². The minimum atomic E-state index is -5.08. The van der Waals surface area contributed by atoms with Gasteiger partial charge in [0.25, 0.3) is 10.0 Å². The fourth-order valence-corrected chi connectivity index (χ4v) is 4.65. The molecule has 0 saturated heterocycles. The van der Waals surface area contributed by atoms with Gasteiger partial charge in [0.2, 0.25) is 0 Å². The van der Waals surface area contributed by atoms with E-state index < -0.39 is 28.1 Å².